The molecule has 0 saturated carbocycles. The van der Waals surface area contributed by atoms with Gasteiger partial charge in [-0.15, -0.1) is 0 Å². The van der Waals surface area contributed by atoms with Crippen molar-refractivity contribution in [3.63, 3.8) is 0 Å². The lowest BCUT2D eigenvalue weighted by Crippen LogP contribution is -1.82. The van der Waals surface area contributed by atoms with Crippen LogP contribution in [0.25, 0.3) is 0 Å². The highest BCUT2D eigenvalue weighted by Crippen LogP contribution is 2.28. The molecule has 0 radical (unpaired) electrons. The molecule has 0 bridgehead atoms. The van der Waals surface area contributed by atoms with E-state index < -0.39 is 0 Å². The predicted molar refractivity (Wildman–Crippen MR) is 41.1 cm³/mol. The van der Waals surface area contributed by atoms with Crippen LogP contribution in [0.4, 0.5) is 0 Å². The van der Waals surface area contributed by atoms with E-state index >= 15 is 0 Å². The van der Waals surface area contributed by atoms with Crippen molar-refractivity contribution in [3.8, 4) is 5.88 Å². The summed E-state index contributed by atoms with van der Waals surface area (Å²) in [4.78, 5) is 0. The summed E-state index contributed by atoms with van der Waals surface area (Å²) in [5, 5.41) is 0. The average Bonchev–Trinajstić information content (AvgIpc) is 2.15. The van der Waals surface area contributed by atoms with Crippen LogP contribution < -0.4 is 4.74 Å². The molecule has 0 aliphatic rings. The van der Waals surface area contributed by atoms with Gasteiger partial charge in [-0.3, -0.25) is 0 Å². The van der Waals surface area contributed by atoms with Crippen molar-refractivity contribution in [2.24, 2.45) is 0 Å². The van der Waals surface area contributed by atoms with Crippen molar-refractivity contribution in [2.75, 3.05) is 7.11 Å². The Kier molecular flexibility index (Phi) is 2.08. The molecule has 1 rings (SSSR count). The molecule has 0 spiro atoms. The molecule has 0 amide bonds. The van der Waals surface area contributed by atoms with Crippen molar-refractivity contribution in [1.82, 2.24) is 4.37 Å². The second-order valence-corrected chi connectivity index (χ2v) is 3.68. The van der Waals surface area contributed by atoms with Crippen LogP contribution in [0.5, 0.6) is 5.88 Å². The third-order valence-electron chi connectivity index (χ3n) is 1.02. The molecular formula is C5H6BrNOS. The van der Waals surface area contributed by atoms with Crippen LogP contribution in [-0.4, -0.2) is 11.5 Å². The molecule has 0 aliphatic carbocycles. The normalized spacial score (nSPS) is 9.67. The van der Waals surface area contributed by atoms with E-state index in [2.05, 4.69) is 20.3 Å². The van der Waals surface area contributed by atoms with E-state index in [1.807, 2.05) is 6.92 Å². The zero-order chi connectivity index (χ0) is 6.85. The number of rotatable bonds is 1. The molecule has 9 heavy (non-hydrogen) atoms. The first-order valence-corrected chi connectivity index (χ1v) is 3.98. The number of hydrogen-bond acceptors (Lipinski definition) is 3. The van der Waals surface area contributed by atoms with E-state index in [0.717, 1.165) is 9.35 Å². The molecule has 4 heteroatoms. The van der Waals surface area contributed by atoms with E-state index in [1.165, 1.54) is 11.5 Å². The van der Waals surface area contributed by atoms with E-state index in [0.29, 0.717) is 5.88 Å². The van der Waals surface area contributed by atoms with Crippen LogP contribution in [0.3, 0.4) is 0 Å². The highest BCUT2D eigenvalue weighted by atomic mass is 79.9. The maximum atomic E-state index is 4.94. The first-order chi connectivity index (χ1) is 4.25. The van der Waals surface area contributed by atoms with Gasteiger partial charge >= 0.3 is 0 Å². The monoisotopic (exact) mass is 207 g/mol. The van der Waals surface area contributed by atoms with Crippen LogP contribution >= 0.6 is 27.5 Å². The summed E-state index contributed by atoms with van der Waals surface area (Å²) in [6.45, 7) is 1.96. The Bertz CT molecular complexity index is 211. The fourth-order valence-corrected chi connectivity index (χ4v) is 1.48. The van der Waals surface area contributed by atoms with Crippen molar-refractivity contribution < 1.29 is 4.74 Å². The topological polar surface area (TPSA) is 22.1 Å². The van der Waals surface area contributed by atoms with Gasteiger partial charge in [-0.2, -0.15) is 4.37 Å². The second kappa shape index (κ2) is 2.66. The first kappa shape index (κ1) is 7.02. The molecule has 0 aromatic carbocycles. The molecule has 1 aromatic heterocycles. The summed E-state index contributed by atoms with van der Waals surface area (Å²) in [5.41, 5.74) is 1.07. The lowest BCUT2D eigenvalue weighted by Gasteiger charge is -1.91. The molecule has 1 aromatic rings. The highest BCUT2D eigenvalue weighted by Gasteiger charge is 2.05. The number of methoxy groups -OCH3 is 1. The largest absolute Gasteiger partial charge is 0.480 e. The summed E-state index contributed by atoms with van der Waals surface area (Å²) in [6.07, 6.45) is 0. The Morgan fingerprint density at radius 1 is 1.67 bits per heavy atom. The zero-order valence-electron chi connectivity index (χ0n) is 5.14. The van der Waals surface area contributed by atoms with E-state index in [9.17, 15) is 0 Å². The molecule has 2 nitrogen and oxygen atoms in total. The maximum absolute atomic E-state index is 4.94. The lowest BCUT2D eigenvalue weighted by atomic mass is 10.4. The van der Waals surface area contributed by atoms with Crippen molar-refractivity contribution in [2.45, 2.75) is 6.92 Å². The van der Waals surface area contributed by atoms with Gasteiger partial charge in [0.1, 0.15) is 0 Å². The van der Waals surface area contributed by atoms with Gasteiger partial charge in [-0.25, -0.2) is 0 Å². The number of halogens is 1. The highest BCUT2D eigenvalue weighted by molar-refractivity contribution is 9.11. The van der Waals surface area contributed by atoms with Gasteiger partial charge in [-0.1, -0.05) is 0 Å². The second-order valence-electron chi connectivity index (χ2n) is 1.59. The smallest absolute Gasteiger partial charge is 0.229 e. The summed E-state index contributed by atoms with van der Waals surface area (Å²) in [5.74, 6) is 0.715. The molecule has 50 valence electrons. The van der Waals surface area contributed by atoms with Crippen LogP contribution in [0.15, 0.2) is 3.79 Å². The predicted octanol–water partition coefficient (Wildman–Crippen LogP) is 2.22. The van der Waals surface area contributed by atoms with Crippen molar-refractivity contribution in [3.05, 3.63) is 9.35 Å². The summed E-state index contributed by atoms with van der Waals surface area (Å²) in [7, 11) is 1.62. The van der Waals surface area contributed by atoms with Gasteiger partial charge in [0, 0.05) is 5.56 Å². The fourth-order valence-electron chi connectivity index (χ4n) is 0.493. The van der Waals surface area contributed by atoms with Crippen LogP contribution in [0, 0.1) is 6.92 Å². The van der Waals surface area contributed by atoms with Gasteiger partial charge in [-0.05, 0) is 34.4 Å². The SMILES string of the molecule is COc1nsc(Br)c1C. The molecule has 0 fully saturated rings. The fraction of sp³-hybridized carbons (Fsp3) is 0.400. The Hall–Kier alpha value is -0.0900. The number of nitrogens with zero attached hydrogens (tertiary/aromatic N) is 1. The Morgan fingerprint density at radius 2 is 2.33 bits per heavy atom. The molecular weight excluding hydrogens is 202 g/mol. The molecule has 0 unspecified atom stereocenters. The quantitative estimate of drug-likeness (QED) is 0.705. The number of aromatic nitrogens is 1. The van der Waals surface area contributed by atoms with Crippen LogP contribution in [0.2, 0.25) is 0 Å². The maximum Gasteiger partial charge on any atom is 0.229 e. The van der Waals surface area contributed by atoms with Crippen LogP contribution in [0.1, 0.15) is 5.56 Å². The van der Waals surface area contributed by atoms with Gasteiger partial charge < -0.3 is 4.74 Å². The van der Waals surface area contributed by atoms with Gasteiger partial charge in [0.05, 0.1) is 10.9 Å². The van der Waals surface area contributed by atoms with Crippen molar-refractivity contribution in [1.29, 1.82) is 0 Å². The van der Waals surface area contributed by atoms with Gasteiger partial charge in [0.15, 0.2) is 0 Å². The van der Waals surface area contributed by atoms with Gasteiger partial charge in [0.25, 0.3) is 0 Å². The minimum absolute atomic E-state index is 0.715. The Balaban J connectivity index is 3.04. The molecule has 0 N–H and O–H groups in total. The molecule has 0 saturated heterocycles. The summed E-state index contributed by atoms with van der Waals surface area (Å²) >= 11 is 4.73. The Labute approximate surface area is 66.1 Å². The minimum Gasteiger partial charge on any atom is -0.480 e. The third kappa shape index (κ3) is 1.24. The molecule has 1 heterocycles. The third-order valence-corrected chi connectivity index (χ3v) is 2.77. The summed E-state index contributed by atoms with van der Waals surface area (Å²) in [6, 6.07) is 0. The first-order valence-electron chi connectivity index (χ1n) is 2.41. The Morgan fingerprint density at radius 3 is 2.56 bits per heavy atom. The van der Waals surface area contributed by atoms with E-state index in [-0.39, 0.29) is 0 Å². The minimum atomic E-state index is 0.715. The molecule has 0 atom stereocenters. The van der Waals surface area contributed by atoms with Crippen LogP contribution in [-0.2, 0) is 0 Å². The van der Waals surface area contributed by atoms with E-state index in [4.69, 9.17) is 4.74 Å². The standard InChI is InChI=1S/C5H6BrNOS/c1-3-4(6)9-7-5(3)8-2/h1-2H3. The number of ether oxygens (including phenoxy) is 1. The lowest BCUT2D eigenvalue weighted by molar-refractivity contribution is 0.399. The summed E-state index contributed by atoms with van der Waals surface area (Å²) < 4.78 is 9.98. The van der Waals surface area contributed by atoms with E-state index in [1.54, 1.807) is 7.11 Å². The number of hydrogen-bond donors (Lipinski definition) is 0. The average molecular weight is 208 g/mol. The molecule has 0 aliphatic heterocycles. The van der Waals surface area contributed by atoms with Gasteiger partial charge in [0.2, 0.25) is 5.88 Å². The zero-order valence-corrected chi connectivity index (χ0v) is 7.54. The van der Waals surface area contributed by atoms with Crippen molar-refractivity contribution >= 4 is 27.5 Å².